The average molecular weight is 280 g/mol. The predicted octanol–water partition coefficient (Wildman–Crippen LogP) is -0.157. The van der Waals surface area contributed by atoms with Crippen LogP contribution in [0, 0.1) is 5.41 Å². The lowest BCUT2D eigenvalue weighted by Crippen LogP contribution is -2.59. The molecule has 2 N–H and O–H groups in total. The zero-order valence-electron chi connectivity index (χ0n) is 8.81. The summed E-state index contributed by atoms with van der Waals surface area (Å²) < 4.78 is 30.1. The van der Waals surface area contributed by atoms with Gasteiger partial charge in [0.2, 0.25) is 10.7 Å². The van der Waals surface area contributed by atoms with Crippen molar-refractivity contribution in [3.05, 3.63) is 12.2 Å². The maximum absolute atomic E-state index is 11.8. The number of halogens is 1. The summed E-state index contributed by atoms with van der Waals surface area (Å²) in [6.07, 6.45) is 2.67. The summed E-state index contributed by atoms with van der Waals surface area (Å²) >= 11 is 5.97. The molecule has 1 heterocycles. The normalized spacial score (nSPS) is 41.2. The molecule has 2 amide bonds. The average Bonchev–Trinajstić information content (AvgIpc) is 2.39. The van der Waals surface area contributed by atoms with Crippen LogP contribution < -0.4 is 5.32 Å². The SMILES string of the molecule is CC12C(=O)NC(=O)C1(S(=O)(=O)O)C=CCC2Cl. The third-order valence-electron chi connectivity index (χ3n) is 3.54. The molecule has 0 bridgehead atoms. The highest BCUT2D eigenvalue weighted by Gasteiger charge is 2.72. The number of hydrogen-bond acceptors (Lipinski definition) is 4. The number of nitrogens with one attached hydrogen (secondary N) is 1. The van der Waals surface area contributed by atoms with Gasteiger partial charge in [-0.05, 0) is 13.3 Å². The molecule has 2 aliphatic rings. The molecule has 1 saturated heterocycles. The summed E-state index contributed by atoms with van der Waals surface area (Å²) in [4.78, 5) is 23.5. The molecule has 0 saturated carbocycles. The minimum atomic E-state index is -4.80. The van der Waals surface area contributed by atoms with Gasteiger partial charge in [-0.15, -0.1) is 11.6 Å². The minimum Gasteiger partial charge on any atom is -0.294 e. The molecule has 8 heteroatoms. The molecule has 0 aromatic heterocycles. The second-order valence-corrected chi connectivity index (χ2v) is 6.42. The summed E-state index contributed by atoms with van der Waals surface area (Å²) in [5, 5.41) is 1.04. The highest BCUT2D eigenvalue weighted by Crippen LogP contribution is 2.51. The Kier molecular flexibility index (Phi) is 2.44. The van der Waals surface area contributed by atoms with Crippen LogP contribution in [0.4, 0.5) is 0 Å². The molecular formula is C9H10ClNO5S. The second-order valence-electron chi connectivity index (χ2n) is 4.30. The number of imide groups is 1. The molecule has 6 nitrogen and oxygen atoms in total. The fourth-order valence-corrected chi connectivity index (χ4v) is 4.18. The van der Waals surface area contributed by atoms with Gasteiger partial charge in [0.1, 0.15) is 0 Å². The van der Waals surface area contributed by atoms with Gasteiger partial charge in [-0.25, -0.2) is 0 Å². The van der Waals surface area contributed by atoms with E-state index in [-0.39, 0.29) is 6.42 Å². The number of hydrogen-bond donors (Lipinski definition) is 2. The van der Waals surface area contributed by atoms with Gasteiger partial charge in [0, 0.05) is 0 Å². The van der Waals surface area contributed by atoms with Crippen LogP contribution in [0.2, 0.25) is 0 Å². The molecule has 0 spiro atoms. The van der Waals surface area contributed by atoms with Crippen LogP contribution in [0.15, 0.2) is 12.2 Å². The first-order valence-corrected chi connectivity index (χ1v) is 6.70. The van der Waals surface area contributed by atoms with E-state index in [1.807, 2.05) is 5.32 Å². The van der Waals surface area contributed by atoms with Gasteiger partial charge in [-0.3, -0.25) is 19.5 Å². The monoisotopic (exact) mass is 279 g/mol. The molecule has 2 rings (SSSR count). The first-order chi connectivity index (χ1) is 7.68. The van der Waals surface area contributed by atoms with Crippen LogP contribution in [0.5, 0.6) is 0 Å². The Balaban J connectivity index is 2.83. The molecule has 0 aromatic carbocycles. The number of carbonyl (C=O) groups is 2. The van der Waals surface area contributed by atoms with Crippen LogP contribution in [-0.4, -0.2) is 34.9 Å². The highest BCUT2D eigenvalue weighted by atomic mass is 35.5. The number of alkyl halides is 1. The number of allylic oxidation sites excluding steroid dienone is 1. The summed E-state index contributed by atoms with van der Waals surface area (Å²) in [7, 11) is -4.80. The molecule has 1 aliphatic heterocycles. The van der Waals surface area contributed by atoms with Crippen LogP contribution in [0.3, 0.4) is 0 Å². The number of carbonyl (C=O) groups excluding carboxylic acids is 2. The maximum atomic E-state index is 11.8. The van der Waals surface area contributed by atoms with Crippen molar-refractivity contribution in [2.45, 2.75) is 23.5 Å². The van der Waals surface area contributed by atoms with Gasteiger partial charge in [0.15, 0.2) is 0 Å². The van der Waals surface area contributed by atoms with E-state index in [0.29, 0.717) is 0 Å². The van der Waals surface area contributed by atoms with Crippen molar-refractivity contribution >= 4 is 33.5 Å². The third kappa shape index (κ3) is 1.22. The van der Waals surface area contributed by atoms with E-state index in [4.69, 9.17) is 11.6 Å². The van der Waals surface area contributed by atoms with Gasteiger partial charge in [0.25, 0.3) is 16.0 Å². The zero-order chi connectivity index (χ0) is 13.1. The Labute approximate surface area is 103 Å². The van der Waals surface area contributed by atoms with Crippen molar-refractivity contribution in [3.63, 3.8) is 0 Å². The van der Waals surface area contributed by atoms with Crippen LogP contribution in [-0.2, 0) is 19.7 Å². The Morgan fingerprint density at radius 1 is 1.47 bits per heavy atom. The number of rotatable bonds is 1. The van der Waals surface area contributed by atoms with E-state index < -0.39 is 37.5 Å². The van der Waals surface area contributed by atoms with E-state index in [1.165, 1.54) is 13.0 Å². The first-order valence-electron chi connectivity index (χ1n) is 4.82. The Morgan fingerprint density at radius 3 is 2.53 bits per heavy atom. The van der Waals surface area contributed by atoms with E-state index in [2.05, 4.69) is 0 Å². The lowest BCUT2D eigenvalue weighted by Gasteiger charge is -2.39. The van der Waals surface area contributed by atoms with Gasteiger partial charge >= 0.3 is 0 Å². The van der Waals surface area contributed by atoms with Crippen molar-refractivity contribution in [1.82, 2.24) is 5.32 Å². The van der Waals surface area contributed by atoms with Gasteiger partial charge in [-0.2, -0.15) is 8.42 Å². The van der Waals surface area contributed by atoms with Gasteiger partial charge in [0.05, 0.1) is 10.8 Å². The molecule has 0 radical (unpaired) electrons. The van der Waals surface area contributed by atoms with E-state index in [0.717, 1.165) is 6.08 Å². The molecule has 3 atom stereocenters. The molecule has 3 unspecified atom stereocenters. The zero-order valence-corrected chi connectivity index (χ0v) is 10.4. The molecule has 0 aromatic rings. The van der Waals surface area contributed by atoms with Crippen molar-refractivity contribution in [1.29, 1.82) is 0 Å². The van der Waals surface area contributed by atoms with E-state index >= 15 is 0 Å². The van der Waals surface area contributed by atoms with Gasteiger partial charge < -0.3 is 0 Å². The second kappa shape index (κ2) is 3.30. The van der Waals surface area contributed by atoms with E-state index in [9.17, 15) is 22.6 Å². The third-order valence-corrected chi connectivity index (χ3v) is 5.71. The topological polar surface area (TPSA) is 101 Å². The maximum Gasteiger partial charge on any atom is 0.284 e. The van der Waals surface area contributed by atoms with Crippen molar-refractivity contribution < 1.29 is 22.6 Å². The van der Waals surface area contributed by atoms with Crippen LogP contribution in [0.1, 0.15) is 13.3 Å². The molecule has 1 aliphatic carbocycles. The van der Waals surface area contributed by atoms with Crippen LogP contribution >= 0.6 is 11.6 Å². The first kappa shape index (κ1) is 12.5. The lowest BCUT2D eigenvalue weighted by atomic mass is 9.71. The lowest BCUT2D eigenvalue weighted by molar-refractivity contribution is -0.128. The summed E-state index contributed by atoms with van der Waals surface area (Å²) in [5.41, 5.74) is -1.70. The Bertz CT molecular complexity index is 542. The molecule has 1 fully saturated rings. The Morgan fingerprint density at radius 2 is 2.06 bits per heavy atom. The Hall–Kier alpha value is -0.920. The fourth-order valence-electron chi connectivity index (χ4n) is 2.41. The largest absolute Gasteiger partial charge is 0.294 e. The van der Waals surface area contributed by atoms with Gasteiger partial charge in [-0.1, -0.05) is 12.2 Å². The van der Waals surface area contributed by atoms with Crippen molar-refractivity contribution in [2.24, 2.45) is 5.41 Å². The minimum absolute atomic E-state index is 0.246. The van der Waals surface area contributed by atoms with Crippen molar-refractivity contribution in [3.8, 4) is 0 Å². The quantitative estimate of drug-likeness (QED) is 0.301. The standard InChI is InChI=1S/C9H10ClNO5S/c1-8-5(10)3-2-4-9(8,17(14,15)16)7(13)11-6(8)12/h2,4-5H,3H2,1H3,(H,11,12,13)(H,14,15,16). The van der Waals surface area contributed by atoms with E-state index in [1.54, 1.807) is 0 Å². The highest BCUT2D eigenvalue weighted by molar-refractivity contribution is 7.88. The smallest absolute Gasteiger partial charge is 0.284 e. The molecule has 17 heavy (non-hydrogen) atoms. The molecule has 94 valence electrons. The molecular weight excluding hydrogens is 270 g/mol. The predicted molar refractivity (Wildman–Crippen MR) is 58.9 cm³/mol. The summed E-state index contributed by atoms with van der Waals surface area (Å²) in [5.74, 6) is -1.85. The fraction of sp³-hybridized carbons (Fsp3) is 0.556. The van der Waals surface area contributed by atoms with Crippen molar-refractivity contribution in [2.75, 3.05) is 0 Å². The number of amides is 2. The summed E-state index contributed by atoms with van der Waals surface area (Å²) in [6, 6.07) is 0. The van der Waals surface area contributed by atoms with Crippen LogP contribution in [0.25, 0.3) is 0 Å². The number of fused-ring (bicyclic) bond motifs is 1. The summed E-state index contributed by atoms with van der Waals surface area (Å²) in [6.45, 7) is 1.27.